The molecule has 0 bridgehead atoms. The highest BCUT2D eigenvalue weighted by molar-refractivity contribution is 7.89. The van der Waals surface area contributed by atoms with Crippen LogP contribution in [0.3, 0.4) is 0 Å². The fourth-order valence-electron chi connectivity index (χ4n) is 1.39. The molecule has 3 N–H and O–H groups in total. The number of nitrogens with two attached hydrogens (primary N) is 1. The van der Waals surface area contributed by atoms with Crippen LogP contribution in [0.15, 0.2) is 15.4 Å². The summed E-state index contributed by atoms with van der Waals surface area (Å²) >= 11 is 0. The maximum absolute atomic E-state index is 11.9. The maximum atomic E-state index is 11.9. The Morgan fingerprint density at radius 3 is 2.76 bits per heavy atom. The average Bonchev–Trinajstić information content (AvgIpc) is 2.67. The molecule has 0 amide bonds. The van der Waals surface area contributed by atoms with Gasteiger partial charge in [-0.1, -0.05) is 0 Å². The van der Waals surface area contributed by atoms with Gasteiger partial charge in [-0.3, -0.25) is 0 Å². The van der Waals surface area contributed by atoms with Crippen LogP contribution in [0.2, 0.25) is 0 Å². The van der Waals surface area contributed by atoms with Gasteiger partial charge in [-0.2, -0.15) is 0 Å². The summed E-state index contributed by atoms with van der Waals surface area (Å²) in [6.07, 6.45) is 0.621. The van der Waals surface area contributed by atoms with E-state index in [4.69, 9.17) is 14.9 Å². The smallest absolute Gasteiger partial charge is 0.244 e. The van der Waals surface area contributed by atoms with Crippen molar-refractivity contribution < 1.29 is 17.6 Å². The van der Waals surface area contributed by atoms with Crippen molar-refractivity contribution in [2.24, 2.45) is 5.73 Å². The molecule has 0 radical (unpaired) electrons. The van der Waals surface area contributed by atoms with Gasteiger partial charge >= 0.3 is 0 Å². The molecular weight excluding hydrogens is 244 g/mol. The first-order valence-corrected chi connectivity index (χ1v) is 6.77. The number of hydrogen-bond acceptors (Lipinski definition) is 5. The summed E-state index contributed by atoms with van der Waals surface area (Å²) in [5.74, 6) is 0.810. The summed E-state index contributed by atoms with van der Waals surface area (Å²) in [4.78, 5) is 0.148. The van der Waals surface area contributed by atoms with Crippen LogP contribution in [0.1, 0.15) is 17.9 Å². The zero-order valence-electron chi connectivity index (χ0n) is 10.0. The summed E-state index contributed by atoms with van der Waals surface area (Å²) in [5, 5.41) is 0. The van der Waals surface area contributed by atoms with Gasteiger partial charge in [0.25, 0.3) is 0 Å². The van der Waals surface area contributed by atoms with Crippen LogP contribution in [-0.2, 0) is 21.3 Å². The molecule has 0 aliphatic heterocycles. The second kappa shape index (κ2) is 6.15. The van der Waals surface area contributed by atoms with Crippen LogP contribution in [0.5, 0.6) is 0 Å². The minimum absolute atomic E-state index is 0.148. The molecule has 17 heavy (non-hydrogen) atoms. The molecule has 1 aromatic heterocycles. The third-order valence-electron chi connectivity index (χ3n) is 2.23. The Bertz CT molecular complexity index is 453. The lowest BCUT2D eigenvalue weighted by Gasteiger charge is -2.04. The lowest BCUT2D eigenvalue weighted by Crippen LogP contribution is -2.25. The first kappa shape index (κ1) is 14.2. The molecule has 0 spiro atoms. The van der Waals surface area contributed by atoms with Gasteiger partial charge in [0, 0.05) is 26.3 Å². The topological polar surface area (TPSA) is 94.6 Å². The van der Waals surface area contributed by atoms with Gasteiger partial charge in [0.05, 0.1) is 6.54 Å². The van der Waals surface area contributed by atoms with E-state index in [1.807, 2.05) is 0 Å². The number of hydrogen-bond donors (Lipinski definition) is 2. The second-order valence-corrected chi connectivity index (χ2v) is 5.32. The van der Waals surface area contributed by atoms with E-state index < -0.39 is 10.0 Å². The van der Waals surface area contributed by atoms with Gasteiger partial charge in [-0.25, -0.2) is 13.1 Å². The van der Waals surface area contributed by atoms with E-state index >= 15 is 0 Å². The zero-order valence-corrected chi connectivity index (χ0v) is 10.8. The van der Waals surface area contributed by atoms with Gasteiger partial charge < -0.3 is 14.9 Å². The summed E-state index contributed by atoms with van der Waals surface area (Å²) in [6.45, 7) is 2.63. The SMILES string of the molecule is COCCCNS(=O)(=O)c1cc(CN)oc1C. The average molecular weight is 262 g/mol. The first-order chi connectivity index (χ1) is 8.01. The van der Waals surface area contributed by atoms with Crippen molar-refractivity contribution in [2.75, 3.05) is 20.3 Å². The summed E-state index contributed by atoms with van der Waals surface area (Å²) in [7, 11) is -1.94. The monoisotopic (exact) mass is 262 g/mol. The van der Waals surface area contributed by atoms with Crippen LogP contribution in [-0.4, -0.2) is 28.7 Å². The Balaban J connectivity index is 2.72. The minimum atomic E-state index is -3.52. The van der Waals surface area contributed by atoms with E-state index in [9.17, 15) is 8.42 Å². The first-order valence-electron chi connectivity index (χ1n) is 5.29. The van der Waals surface area contributed by atoms with Gasteiger partial charge in [0.15, 0.2) is 0 Å². The number of nitrogens with one attached hydrogen (secondary N) is 1. The largest absolute Gasteiger partial charge is 0.464 e. The Kier molecular flexibility index (Phi) is 5.13. The molecule has 0 aliphatic rings. The van der Waals surface area contributed by atoms with E-state index in [0.29, 0.717) is 31.1 Å². The molecule has 1 heterocycles. The number of ether oxygens (including phenoxy) is 1. The molecule has 0 aromatic carbocycles. The zero-order chi connectivity index (χ0) is 12.9. The van der Waals surface area contributed by atoms with Crippen LogP contribution in [0, 0.1) is 6.92 Å². The molecule has 1 rings (SSSR count). The molecule has 0 fully saturated rings. The van der Waals surface area contributed by atoms with E-state index in [2.05, 4.69) is 4.72 Å². The van der Waals surface area contributed by atoms with Crippen molar-refractivity contribution in [2.45, 2.75) is 24.8 Å². The quantitative estimate of drug-likeness (QED) is 0.692. The third-order valence-corrected chi connectivity index (χ3v) is 3.80. The van der Waals surface area contributed by atoms with Gasteiger partial charge in [0.1, 0.15) is 16.4 Å². The van der Waals surface area contributed by atoms with E-state index in [0.717, 1.165) is 0 Å². The predicted molar refractivity (Wildman–Crippen MR) is 63.0 cm³/mol. The third kappa shape index (κ3) is 3.81. The fourth-order valence-corrected chi connectivity index (χ4v) is 2.67. The highest BCUT2D eigenvalue weighted by Gasteiger charge is 2.20. The minimum Gasteiger partial charge on any atom is -0.464 e. The predicted octanol–water partition coefficient (Wildman–Crippen LogP) is 0.362. The molecule has 0 saturated carbocycles. The molecule has 0 unspecified atom stereocenters. The van der Waals surface area contributed by atoms with E-state index in [-0.39, 0.29) is 11.4 Å². The summed E-state index contributed by atoms with van der Waals surface area (Å²) in [5.41, 5.74) is 5.39. The van der Waals surface area contributed by atoms with Gasteiger partial charge in [-0.15, -0.1) is 0 Å². The van der Waals surface area contributed by atoms with Crippen LogP contribution in [0.4, 0.5) is 0 Å². The lowest BCUT2D eigenvalue weighted by molar-refractivity contribution is 0.196. The molecule has 0 atom stereocenters. The van der Waals surface area contributed by atoms with Gasteiger partial charge in [0.2, 0.25) is 10.0 Å². The molecule has 98 valence electrons. The van der Waals surface area contributed by atoms with Crippen molar-refractivity contribution in [3.05, 3.63) is 17.6 Å². The Morgan fingerprint density at radius 1 is 1.53 bits per heavy atom. The molecule has 0 saturated heterocycles. The maximum Gasteiger partial charge on any atom is 0.244 e. The van der Waals surface area contributed by atoms with E-state index in [1.54, 1.807) is 14.0 Å². The van der Waals surface area contributed by atoms with Crippen LogP contribution in [0.25, 0.3) is 0 Å². The molecule has 6 nitrogen and oxygen atoms in total. The molecule has 0 aliphatic carbocycles. The lowest BCUT2D eigenvalue weighted by atomic mass is 10.4. The Hall–Kier alpha value is -0.890. The molecule has 7 heteroatoms. The van der Waals surface area contributed by atoms with Crippen molar-refractivity contribution in [1.29, 1.82) is 0 Å². The fraction of sp³-hybridized carbons (Fsp3) is 0.600. The molecule has 1 aromatic rings. The highest BCUT2D eigenvalue weighted by atomic mass is 32.2. The number of furan rings is 1. The molecular formula is C10H18N2O4S. The Labute approximate surface area is 101 Å². The van der Waals surface area contributed by atoms with Crippen LogP contribution < -0.4 is 10.5 Å². The van der Waals surface area contributed by atoms with Crippen molar-refractivity contribution >= 4 is 10.0 Å². The summed E-state index contributed by atoms with van der Waals surface area (Å²) in [6, 6.07) is 1.45. The number of rotatable bonds is 7. The van der Waals surface area contributed by atoms with Crippen molar-refractivity contribution in [3.63, 3.8) is 0 Å². The normalized spacial score (nSPS) is 11.9. The second-order valence-electron chi connectivity index (χ2n) is 3.58. The van der Waals surface area contributed by atoms with E-state index in [1.165, 1.54) is 6.07 Å². The number of sulfonamides is 1. The van der Waals surface area contributed by atoms with Gasteiger partial charge in [-0.05, 0) is 13.3 Å². The number of aryl methyl sites for hydroxylation is 1. The number of methoxy groups -OCH3 is 1. The standard InChI is InChI=1S/C10H18N2O4S/c1-8-10(6-9(7-11)16-8)17(13,14)12-4-3-5-15-2/h6,12H,3-5,7,11H2,1-2H3. The summed E-state index contributed by atoms with van der Waals surface area (Å²) < 4.78 is 36.3. The highest BCUT2D eigenvalue weighted by Crippen LogP contribution is 2.19. The van der Waals surface area contributed by atoms with Crippen molar-refractivity contribution in [3.8, 4) is 0 Å². The Morgan fingerprint density at radius 2 is 2.24 bits per heavy atom. The van der Waals surface area contributed by atoms with Crippen LogP contribution >= 0.6 is 0 Å². The van der Waals surface area contributed by atoms with Crippen molar-refractivity contribution in [1.82, 2.24) is 4.72 Å².